The summed E-state index contributed by atoms with van der Waals surface area (Å²) >= 11 is 0. The SMILES string of the molecule is O=C(NC(CO)(CO)CO)N(C(CO)(CO)CO)C(CO)(CO)CO. The molecule has 0 aromatic heterocycles. The van der Waals surface area contributed by atoms with Crippen molar-refractivity contribution in [1.82, 2.24) is 10.2 Å². The van der Waals surface area contributed by atoms with E-state index in [0.29, 0.717) is 4.90 Å². The number of aliphatic hydroxyl groups excluding tert-OH is 9. The number of carbonyl (C=O) groups excluding carboxylic acids is 1. The Hall–Kier alpha value is -1.09. The maximum atomic E-state index is 12.7. The van der Waals surface area contributed by atoms with Crippen LogP contribution in [0.4, 0.5) is 4.79 Å². The van der Waals surface area contributed by atoms with Gasteiger partial charge in [0.2, 0.25) is 0 Å². The lowest BCUT2D eigenvalue weighted by Crippen LogP contribution is -2.75. The molecule has 0 saturated carbocycles. The van der Waals surface area contributed by atoms with Gasteiger partial charge in [-0.2, -0.15) is 0 Å². The minimum Gasteiger partial charge on any atom is -0.394 e. The van der Waals surface area contributed by atoms with Gasteiger partial charge in [0.05, 0.1) is 59.5 Å². The van der Waals surface area contributed by atoms with E-state index < -0.39 is 82.1 Å². The van der Waals surface area contributed by atoms with Crippen molar-refractivity contribution < 1.29 is 50.8 Å². The fourth-order valence-electron chi connectivity index (χ4n) is 2.21. The molecule has 0 fully saturated rings. The third kappa shape index (κ3) is 4.55. The summed E-state index contributed by atoms with van der Waals surface area (Å²) in [5, 5.41) is 87.5. The second-order valence-corrected chi connectivity index (χ2v) is 5.92. The lowest BCUT2D eigenvalue weighted by atomic mass is 9.90. The summed E-state index contributed by atoms with van der Waals surface area (Å²) in [5.74, 6) is 0. The lowest BCUT2D eigenvalue weighted by molar-refractivity contribution is -0.119. The first-order valence-electron chi connectivity index (χ1n) is 7.40. The molecule has 0 saturated heterocycles. The molecule has 0 heterocycles. The molecule has 0 aromatic rings. The Bertz CT molecular complexity index is 351. The van der Waals surface area contributed by atoms with E-state index in [1.165, 1.54) is 0 Å². The van der Waals surface area contributed by atoms with Gasteiger partial charge in [0.15, 0.2) is 0 Å². The zero-order valence-corrected chi connectivity index (χ0v) is 13.7. The van der Waals surface area contributed by atoms with E-state index in [0.717, 1.165) is 0 Å². The first kappa shape index (κ1) is 23.9. The predicted molar refractivity (Wildman–Crippen MR) is 82.3 cm³/mol. The number of nitrogens with one attached hydrogen (secondary N) is 1. The summed E-state index contributed by atoms with van der Waals surface area (Å²) < 4.78 is 0. The van der Waals surface area contributed by atoms with Gasteiger partial charge < -0.3 is 51.3 Å². The van der Waals surface area contributed by atoms with Gasteiger partial charge in [-0.1, -0.05) is 0 Å². The Balaban J connectivity index is 6.18. The number of amides is 2. The molecular formula is C13H28N2O10. The lowest BCUT2D eigenvalue weighted by Gasteiger charge is -2.51. The minimum atomic E-state index is -2.12. The average molecular weight is 372 g/mol. The highest BCUT2D eigenvalue weighted by molar-refractivity contribution is 5.77. The molecule has 12 nitrogen and oxygen atoms in total. The van der Waals surface area contributed by atoms with Crippen molar-refractivity contribution >= 4 is 6.03 Å². The van der Waals surface area contributed by atoms with Gasteiger partial charge in [-0.15, -0.1) is 0 Å². The third-order valence-corrected chi connectivity index (χ3v) is 4.20. The van der Waals surface area contributed by atoms with Crippen LogP contribution in [0.2, 0.25) is 0 Å². The molecule has 0 rings (SSSR count). The van der Waals surface area contributed by atoms with E-state index in [9.17, 15) is 50.8 Å². The molecule has 0 aliphatic heterocycles. The summed E-state index contributed by atoms with van der Waals surface area (Å²) in [7, 11) is 0. The maximum absolute atomic E-state index is 12.7. The van der Waals surface area contributed by atoms with Crippen molar-refractivity contribution in [2.24, 2.45) is 0 Å². The molecule has 150 valence electrons. The molecule has 10 N–H and O–H groups in total. The van der Waals surface area contributed by atoms with Crippen molar-refractivity contribution in [3.05, 3.63) is 0 Å². The van der Waals surface area contributed by atoms with Gasteiger partial charge in [-0.3, -0.25) is 4.90 Å². The Morgan fingerprint density at radius 1 is 0.600 bits per heavy atom. The minimum absolute atomic E-state index is 0.454. The van der Waals surface area contributed by atoms with E-state index >= 15 is 0 Å². The molecule has 0 unspecified atom stereocenters. The number of carbonyl (C=O) groups is 1. The first-order chi connectivity index (χ1) is 11.8. The van der Waals surface area contributed by atoms with Crippen LogP contribution in [-0.2, 0) is 0 Å². The predicted octanol–water partition coefficient (Wildman–Crippen LogP) is -5.85. The molecule has 0 bridgehead atoms. The summed E-state index contributed by atoms with van der Waals surface area (Å²) in [5.41, 5.74) is -6.15. The topological polar surface area (TPSA) is 214 Å². The molecule has 2 amide bonds. The molecular weight excluding hydrogens is 344 g/mol. The molecule has 0 atom stereocenters. The number of rotatable bonds is 12. The largest absolute Gasteiger partial charge is 0.394 e. The molecule has 12 heteroatoms. The van der Waals surface area contributed by atoms with Crippen molar-refractivity contribution in [1.29, 1.82) is 0 Å². The first-order valence-corrected chi connectivity index (χ1v) is 7.40. The van der Waals surface area contributed by atoms with Gasteiger partial charge >= 0.3 is 6.03 Å². The summed E-state index contributed by atoms with van der Waals surface area (Å²) in [6, 6.07) is -1.29. The van der Waals surface area contributed by atoms with Gasteiger partial charge in [0, 0.05) is 0 Å². The van der Waals surface area contributed by atoms with Crippen LogP contribution in [0.5, 0.6) is 0 Å². The zero-order chi connectivity index (χ0) is 19.7. The number of nitrogens with zero attached hydrogens (tertiary/aromatic N) is 1. The van der Waals surface area contributed by atoms with Crippen molar-refractivity contribution in [3.8, 4) is 0 Å². The second-order valence-electron chi connectivity index (χ2n) is 5.92. The number of hydrogen-bond acceptors (Lipinski definition) is 10. The Morgan fingerprint density at radius 2 is 0.880 bits per heavy atom. The average Bonchev–Trinajstić information content (AvgIpc) is 2.67. The second kappa shape index (κ2) is 10.2. The number of aliphatic hydroxyl groups is 9. The fourth-order valence-corrected chi connectivity index (χ4v) is 2.21. The molecule has 0 aromatic carbocycles. The third-order valence-electron chi connectivity index (χ3n) is 4.20. The van der Waals surface area contributed by atoms with Crippen molar-refractivity contribution in [3.63, 3.8) is 0 Å². The normalized spacial score (nSPS) is 13.0. The van der Waals surface area contributed by atoms with Gasteiger partial charge in [0.1, 0.15) is 16.6 Å². The quantitative estimate of drug-likeness (QED) is 0.156. The molecule has 0 aliphatic carbocycles. The standard InChI is InChI=1S/C13H28N2O10/c16-1-11(2-17,3-18)14-10(25)15(12(4-19,5-20)6-21)13(7-22,8-23)9-24/h16-24H,1-9H2,(H,14,25). The van der Waals surface area contributed by atoms with Crippen LogP contribution >= 0.6 is 0 Å². The van der Waals surface area contributed by atoms with Crippen LogP contribution in [0, 0.1) is 0 Å². The summed E-state index contributed by atoms with van der Waals surface area (Å²) in [6.07, 6.45) is 0. The molecule has 0 spiro atoms. The highest BCUT2D eigenvalue weighted by atomic mass is 16.3. The van der Waals surface area contributed by atoms with E-state index in [1.807, 2.05) is 0 Å². The van der Waals surface area contributed by atoms with Crippen LogP contribution in [0.3, 0.4) is 0 Å². The van der Waals surface area contributed by atoms with Gasteiger partial charge in [-0.25, -0.2) is 4.79 Å². The van der Waals surface area contributed by atoms with Gasteiger partial charge in [0.25, 0.3) is 0 Å². The van der Waals surface area contributed by atoms with E-state index in [-0.39, 0.29) is 0 Å². The Morgan fingerprint density at radius 3 is 1.08 bits per heavy atom. The Kier molecular flexibility index (Phi) is 9.71. The molecule has 0 aliphatic rings. The molecule has 0 radical (unpaired) electrons. The van der Waals surface area contributed by atoms with Crippen LogP contribution in [0.1, 0.15) is 0 Å². The fraction of sp³-hybridized carbons (Fsp3) is 0.923. The maximum Gasteiger partial charge on any atom is 0.319 e. The van der Waals surface area contributed by atoms with E-state index in [1.54, 1.807) is 0 Å². The van der Waals surface area contributed by atoms with Crippen LogP contribution in [0.15, 0.2) is 0 Å². The van der Waals surface area contributed by atoms with E-state index in [4.69, 9.17) is 0 Å². The number of hydrogen-bond donors (Lipinski definition) is 10. The Labute approximate surface area is 144 Å². The zero-order valence-electron chi connectivity index (χ0n) is 13.7. The smallest absolute Gasteiger partial charge is 0.319 e. The number of urea groups is 1. The van der Waals surface area contributed by atoms with Crippen molar-refractivity contribution in [2.45, 2.75) is 16.6 Å². The molecule has 25 heavy (non-hydrogen) atoms. The highest BCUT2D eigenvalue weighted by Gasteiger charge is 2.51. The van der Waals surface area contributed by atoms with Crippen molar-refractivity contribution in [2.75, 3.05) is 59.5 Å². The van der Waals surface area contributed by atoms with Gasteiger partial charge in [-0.05, 0) is 0 Å². The summed E-state index contributed by atoms with van der Waals surface area (Å²) in [6.45, 7) is -8.77. The van der Waals surface area contributed by atoms with Crippen LogP contribution in [-0.4, -0.2) is 133 Å². The van der Waals surface area contributed by atoms with E-state index in [2.05, 4.69) is 5.32 Å². The highest BCUT2D eigenvalue weighted by Crippen LogP contribution is 2.26. The monoisotopic (exact) mass is 372 g/mol. The van der Waals surface area contributed by atoms with Crippen LogP contribution < -0.4 is 5.32 Å². The summed E-state index contributed by atoms with van der Waals surface area (Å²) in [4.78, 5) is 13.2. The van der Waals surface area contributed by atoms with Crippen LogP contribution in [0.25, 0.3) is 0 Å².